The van der Waals surface area contributed by atoms with Gasteiger partial charge in [0.2, 0.25) is 5.91 Å². The SMILES string of the molecule is C=CCN(CC(F)(F)F)C(=O)CC1CCCN1.Cl. The van der Waals surface area contributed by atoms with Gasteiger partial charge in [0, 0.05) is 19.0 Å². The molecule has 0 aromatic heterocycles. The van der Waals surface area contributed by atoms with Crippen molar-refractivity contribution in [3.63, 3.8) is 0 Å². The van der Waals surface area contributed by atoms with Gasteiger partial charge in [-0.25, -0.2) is 0 Å². The van der Waals surface area contributed by atoms with E-state index in [0.717, 1.165) is 24.3 Å². The van der Waals surface area contributed by atoms with Crippen LogP contribution in [0.15, 0.2) is 12.7 Å². The number of alkyl halides is 3. The molecule has 1 fully saturated rings. The molecule has 1 atom stereocenters. The monoisotopic (exact) mass is 286 g/mol. The highest BCUT2D eigenvalue weighted by Gasteiger charge is 2.33. The molecule has 7 heteroatoms. The third-order valence-electron chi connectivity index (χ3n) is 2.66. The van der Waals surface area contributed by atoms with Gasteiger partial charge in [0.05, 0.1) is 0 Å². The third-order valence-corrected chi connectivity index (χ3v) is 2.66. The summed E-state index contributed by atoms with van der Waals surface area (Å²) < 4.78 is 36.8. The minimum absolute atomic E-state index is 0. The molecule has 0 aliphatic carbocycles. The molecule has 0 radical (unpaired) electrons. The van der Waals surface area contributed by atoms with Crippen LogP contribution in [0.1, 0.15) is 19.3 Å². The minimum Gasteiger partial charge on any atom is -0.330 e. The maximum Gasteiger partial charge on any atom is 0.406 e. The molecule has 1 heterocycles. The van der Waals surface area contributed by atoms with E-state index in [0.29, 0.717) is 0 Å². The topological polar surface area (TPSA) is 32.3 Å². The molecule has 106 valence electrons. The Balaban J connectivity index is 0.00000289. The number of hydrogen-bond donors (Lipinski definition) is 1. The molecule has 1 N–H and O–H groups in total. The molecule has 0 aromatic rings. The number of carbonyl (C=O) groups excluding carboxylic acids is 1. The molecule has 1 aliphatic heterocycles. The smallest absolute Gasteiger partial charge is 0.330 e. The predicted molar refractivity (Wildman–Crippen MR) is 65.7 cm³/mol. The van der Waals surface area contributed by atoms with Gasteiger partial charge >= 0.3 is 6.18 Å². The summed E-state index contributed by atoms with van der Waals surface area (Å²) in [5.41, 5.74) is 0. The van der Waals surface area contributed by atoms with E-state index in [4.69, 9.17) is 0 Å². The van der Waals surface area contributed by atoms with Gasteiger partial charge < -0.3 is 10.2 Å². The van der Waals surface area contributed by atoms with Crippen molar-refractivity contribution >= 4 is 18.3 Å². The van der Waals surface area contributed by atoms with Crippen LogP contribution in [0.4, 0.5) is 13.2 Å². The van der Waals surface area contributed by atoms with Gasteiger partial charge in [0.25, 0.3) is 0 Å². The highest BCUT2D eigenvalue weighted by atomic mass is 35.5. The molecule has 18 heavy (non-hydrogen) atoms. The number of hydrogen-bond acceptors (Lipinski definition) is 2. The highest BCUT2D eigenvalue weighted by Crippen LogP contribution is 2.18. The number of halogens is 4. The number of carbonyl (C=O) groups is 1. The fourth-order valence-electron chi connectivity index (χ4n) is 1.90. The Kier molecular flexibility index (Phi) is 7.32. The number of rotatable bonds is 5. The Labute approximate surface area is 111 Å². The summed E-state index contributed by atoms with van der Waals surface area (Å²) in [5, 5.41) is 3.09. The van der Waals surface area contributed by atoms with Crippen molar-refractivity contribution in [2.75, 3.05) is 19.6 Å². The molecule has 1 aliphatic rings. The van der Waals surface area contributed by atoms with Crippen LogP contribution >= 0.6 is 12.4 Å². The zero-order chi connectivity index (χ0) is 12.9. The van der Waals surface area contributed by atoms with E-state index >= 15 is 0 Å². The number of nitrogens with zero attached hydrogens (tertiary/aromatic N) is 1. The van der Waals surface area contributed by atoms with Crippen LogP contribution in [-0.4, -0.2) is 42.7 Å². The minimum atomic E-state index is -4.36. The van der Waals surface area contributed by atoms with E-state index in [9.17, 15) is 18.0 Å². The van der Waals surface area contributed by atoms with Gasteiger partial charge in [0.1, 0.15) is 6.54 Å². The van der Waals surface area contributed by atoms with E-state index in [-0.39, 0.29) is 31.4 Å². The van der Waals surface area contributed by atoms with Crippen molar-refractivity contribution in [1.82, 2.24) is 10.2 Å². The van der Waals surface area contributed by atoms with Crippen LogP contribution < -0.4 is 5.32 Å². The second-order valence-corrected chi connectivity index (χ2v) is 4.18. The molecule has 0 spiro atoms. The summed E-state index contributed by atoms with van der Waals surface area (Å²) in [6, 6.07) is 0.0167. The number of amides is 1. The molecule has 1 amide bonds. The lowest BCUT2D eigenvalue weighted by atomic mass is 10.1. The first-order valence-corrected chi connectivity index (χ1v) is 5.61. The maximum absolute atomic E-state index is 12.3. The summed E-state index contributed by atoms with van der Waals surface area (Å²) in [6.45, 7) is 2.93. The standard InChI is InChI=1S/C11H17F3N2O.ClH/c1-2-6-16(8-11(12,13)14)10(17)7-9-4-3-5-15-9;/h2,9,15H,1,3-8H2;1H. The van der Waals surface area contributed by atoms with Gasteiger partial charge in [-0.15, -0.1) is 19.0 Å². The molecule has 0 bridgehead atoms. The van der Waals surface area contributed by atoms with Crippen molar-refractivity contribution < 1.29 is 18.0 Å². The van der Waals surface area contributed by atoms with Crippen molar-refractivity contribution in [2.45, 2.75) is 31.5 Å². The lowest BCUT2D eigenvalue weighted by Gasteiger charge is -2.24. The Morgan fingerprint density at radius 1 is 1.50 bits per heavy atom. The van der Waals surface area contributed by atoms with Crippen molar-refractivity contribution in [3.8, 4) is 0 Å². The van der Waals surface area contributed by atoms with Crippen LogP contribution in [0.2, 0.25) is 0 Å². The summed E-state index contributed by atoms with van der Waals surface area (Å²) >= 11 is 0. The Morgan fingerprint density at radius 3 is 2.61 bits per heavy atom. The van der Waals surface area contributed by atoms with Gasteiger partial charge in [0.15, 0.2) is 0 Å². The van der Waals surface area contributed by atoms with Crippen molar-refractivity contribution in [3.05, 3.63) is 12.7 Å². The van der Waals surface area contributed by atoms with Gasteiger partial charge in [-0.1, -0.05) is 6.08 Å². The van der Waals surface area contributed by atoms with Crippen molar-refractivity contribution in [2.24, 2.45) is 0 Å². The maximum atomic E-state index is 12.3. The fraction of sp³-hybridized carbons (Fsp3) is 0.727. The lowest BCUT2D eigenvalue weighted by molar-refractivity contribution is -0.160. The summed E-state index contributed by atoms with van der Waals surface area (Å²) in [4.78, 5) is 12.5. The van der Waals surface area contributed by atoms with Crippen LogP contribution in [-0.2, 0) is 4.79 Å². The van der Waals surface area contributed by atoms with E-state index in [1.807, 2.05) is 0 Å². The van der Waals surface area contributed by atoms with Crippen LogP contribution in [0.25, 0.3) is 0 Å². The first-order valence-electron chi connectivity index (χ1n) is 5.61. The van der Waals surface area contributed by atoms with E-state index < -0.39 is 18.6 Å². The summed E-state index contributed by atoms with van der Waals surface area (Å²) in [7, 11) is 0. The largest absolute Gasteiger partial charge is 0.406 e. The molecule has 1 saturated heterocycles. The van der Waals surface area contributed by atoms with Crippen LogP contribution in [0.5, 0.6) is 0 Å². The molecule has 0 saturated carbocycles. The van der Waals surface area contributed by atoms with Gasteiger partial charge in [-0.05, 0) is 19.4 Å². The van der Waals surface area contributed by atoms with E-state index in [1.54, 1.807) is 0 Å². The normalized spacial score (nSPS) is 19.2. The summed E-state index contributed by atoms with van der Waals surface area (Å²) in [5.74, 6) is -0.471. The Bertz CT molecular complexity index is 278. The summed E-state index contributed by atoms with van der Waals surface area (Å²) in [6.07, 6.45) is -1.10. The van der Waals surface area contributed by atoms with E-state index in [2.05, 4.69) is 11.9 Å². The van der Waals surface area contributed by atoms with Gasteiger partial charge in [-0.2, -0.15) is 13.2 Å². The molecule has 0 aromatic carbocycles. The first kappa shape index (κ1) is 17.2. The average molecular weight is 287 g/mol. The van der Waals surface area contributed by atoms with Gasteiger partial charge in [-0.3, -0.25) is 4.79 Å². The molecular weight excluding hydrogens is 269 g/mol. The quantitative estimate of drug-likeness (QED) is 0.785. The fourth-order valence-corrected chi connectivity index (χ4v) is 1.90. The molecular formula is C11H18ClF3N2O. The second kappa shape index (κ2) is 7.63. The second-order valence-electron chi connectivity index (χ2n) is 4.18. The molecule has 1 unspecified atom stereocenters. The third kappa shape index (κ3) is 6.26. The number of nitrogens with one attached hydrogen (secondary N) is 1. The van der Waals surface area contributed by atoms with Crippen molar-refractivity contribution in [1.29, 1.82) is 0 Å². The first-order chi connectivity index (χ1) is 7.92. The highest BCUT2D eigenvalue weighted by molar-refractivity contribution is 5.85. The van der Waals surface area contributed by atoms with Crippen LogP contribution in [0, 0.1) is 0 Å². The molecule has 3 nitrogen and oxygen atoms in total. The van der Waals surface area contributed by atoms with Crippen LogP contribution in [0.3, 0.4) is 0 Å². The molecule has 1 rings (SSSR count). The average Bonchev–Trinajstić information content (AvgIpc) is 2.67. The zero-order valence-corrected chi connectivity index (χ0v) is 10.8. The Morgan fingerprint density at radius 2 is 2.17 bits per heavy atom. The lowest BCUT2D eigenvalue weighted by Crippen LogP contribution is -2.41. The zero-order valence-electron chi connectivity index (χ0n) is 10.0. The predicted octanol–water partition coefficient (Wildman–Crippen LogP) is 2.13. The van der Waals surface area contributed by atoms with E-state index in [1.165, 1.54) is 6.08 Å². The Hall–Kier alpha value is -0.750.